The number of rotatable bonds is 8. The zero-order valence-electron chi connectivity index (χ0n) is 48.3. The molecule has 18 rings (SSSR count). The first kappa shape index (κ1) is 50.0. The molecule has 0 unspecified atom stereocenters. The van der Waals surface area contributed by atoms with Crippen molar-refractivity contribution in [3.8, 4) is 94.7 Å². The maximum atomic E-state index is 2.49. The largest absolute Gasteiger partial charge is 0.309 e. The third kappa shape index (κ3) is 8.23. The third-order valence-electron chi connectivity index (χ3n) is 19.0. The molecule has 408 valence electrons. The Hall–Kier alpha value is -11.4. The van der Waals surface area contributed by atoms with Gasteiger partial charge in [-0.2, -0.15) is 0 Å². The maximum Gasteiger partial charge on any atom is 0.0541 e. The second-order valence-corrected chi connectivity index (χ2v) is 23.9. The molecule has 1 heteroatoms. The zero-order chi connectivity index (χ0) is 57.8. The molecule has 1 aliphatic rings. The summed E-state index contributed by atoms with van der Waals surface area (Å²) >= 11 is 0. The van der Waals surface area contributed by atoms with Gasteiger partial charge in [-0.3, -0.25) is 0 Å². The van der Waals surface area contributed by atoms with Gasteiger partial charge in [-0.15, -0.1) is 0 Å². The van der Waals surface area contributed by atoms with Gasteiger partial charge in [0, 0.05) is 16.5 Å². The van der Waals surface area contributed by atoms with Crippen molar-refractivity contribution < 1.29 is 0 Å². The molecule has 1 nitrogen and oxygen atoms in total. The molecule has 1 aliphatic carbocycles. The van der Waals surface area contributed by atoms with Crippen LogP contribution in [0.15, 0.2) is 322 Å². The molecule has 0 amide bonds. The summed E-state index contributed by atoms with van der Waals surface area (Å²) in [5.41, 5.74) is 26.0. The van der Waals surface area contributed by atoms with Gasteiger partial charge in [0.05, 0.1) is 11.0 Å². The lowest BCUT2D eigenvalue weighted by Crippen LogP contribution is -1.95. The van der Waals surface area contributed by atoms with Crippen molar-refractivity contribution in [3.05, 3.63) is 333 Å². The van der Waals surface area contributed by atoms with Crippen LogP contribution in [-0.4, -0.2) is 4.57 Å². The number of hydrogen-bond acceptors (Lipinski definition) is 0. The highest BCUT2D eigenvalue weighted by Crippen LogP contribution is 2.45. The van der Waals surface area contributed by atoms with Gasteiger partial charge >= 0.3 is 0 Å². The minimum absolute atomic E-state index is 0.895. The zero-order valence-corrected chi connectivity index (χ0v) is 48.3. The number of fused-ring (bicyclic) bond motifs is 13. The molecule has 17 aromatic rings. The summed E-state index contributed by atoms with van der Waals surface area (Å²) < 4.78 is 2.49. The van der Waals surface area contributed by atoms with E-state index in [1.165, 1.54) is 181 Å². The van der Waals surface area contributed by atoms with Crippen molar-refractivity contribution >= 4 is 75.7 Å². The molecule has 1 aromatic heterocycles. The van der Waals surface area contributed by atoms with Crippen LogP contribution in [0.4, 0.5) is 0 Å². The van der Waals surface area contributed by atoms with E-state index in [1.807, 2.05) is 0 Å². The van der Waals surface area contributed by atoms with Gasteiger partial charge < -0.3 is 4.57 Å². The fourth-order valence-electron chi connectivity index (χ4n) is 14.6. The number of benzene rings is 16. The molecule has 0 bridgehead atoms. The predicted molar refractivity (Wildman–Crippen MR) is 375 cm³/mol. The number of nitrogens with zero attached hydrogens (tertiary/aromatic N) is 1. The van der Waals surface area contributed by atoms with E-state index in [2.05, 4.69) is 326 Å². The van der Waals surface area contributed by atoms with Gasteiger partial charge in [0.1, 0.15) is 0 Å². The quantitative estimate of drug-likeness (QED) is 0.134. The fourth-order valence-corrected chi connectivity index (χ4v) is 14.6. The minimum Gasteiger partial charge on any atom is -0.309 e. The first-order valence-electron chi connectivity index (χ1n) is 30.7. The van der Waals surface area contributed by atoms with Crippen molar-refractivity contribution in [2.45, 2.75) is 6.42 Å². The van der Waals surface area contributed by atoms with E-state index < -0.39 is 0 Å². The van der Waals surface area contributed by atoms with E-state index in [0.29, 0.717) is 0 Å². The summed E-state index contributed by atoms with van der Waals surface area (Å²) in [4.78, 5) is 0. The Morgan fingerprint density at radius 2 is 0.545 bits per heavy atom. The van der Waals surface area contributed by atoms with Crippen molar-refractivity contribution in [1.82, 2.24) is 4.57 Å². The molecule has 0 radical (unpaired) electrons. The van der Waals surface area contributed by atoms with E-state index in [9.17, 15) is 0 Å². The van der Waals surface area contributed by atoms with Crippen LogP contribution < -0.4 is 0 Å². The number of aromatic nitrogens is 1. The lowest BCUT2D eigenvalue weighted by molar-refractivity contribution is 1.16. The SMILES string of the molecule is c1ccc2c(-c3ccc4c(c3)Cc3cc(-n5c6ccc(-c7ccc(-c8ccc(-c9cc%10ccccc%10c%10ccccc9%10)cc8)cc7)cc6c6cc(-c7ccc(-c8ccc(-c9cc%10ccccc%10c%10ccccc9%10)cc8)cc7)ccc65)ccc3-4)cccc2c1. The van der Waals surface area contributed by atoms with Gasteiger partial charge in [-0.25, -0.2) is 0 Å². The first-order valence-corrected chi connectivity index (χ1v) is 30.7. The molecule has 88 heavy (non-hydrogen) atoms. The van der Waals surface area contributed by atoms with Crippen LogP contribution in [-0.2, 0) is 6.42 Å². The van der Waals surface area contributed by atoms with E-state index in [0.717, 1.165) is 6.42 Å². The molecule has 0 N–H and O–H groups in total. The smallest absolute Gasteiger partial charge is 0.0541 e. The lowest BCUT2D eigenvalue weighted by Gasteiger charge is -2.12. The Morgan fingerprint density at radius 3 is 1.05 bits per heavy atom. The van der Waals surface area contributed by atoms with Crippen molar-refractivity contribution in [1.29, 1.82) is 0 Å². The van der Waals surface area contributed by atoms with Crippen molar-refractivity contribution in [3.63, 3.8) is 0 Å². The van der Waals surface area contributed by atoms with Crippen molar-refractivity contribution in [2.75, 3.05) is 0 Å². The summed E-state index contributed by atoms with van der Waals surface area (Å²) in [6.45, 7) is 0. The topological polar surface area (TPSA) is 4.93 Å². The van der Waals surface area contributed by atoms with Gasteiger partial charge in [-0.1, -0.05) is 273 Å². The number of hydrogen-bond donors (Lipinski definition) is 0. The Morgan fingerprint density at radius 1 is 0.182 bits per heavy atom. The summed E-state index contributed by atoms with van der Waals surface area (Å²) in [7, 11) is 0. The highest BCUT2D eigenvalue weighted by molar-refractivity contribution is 6.16. The molecule has 0 saturated carbocycles. The summed E-state index contributed by atoms with van der Waals surface area (Å²) in [6, 6.07) is 120. The van der Waals surface area contributed by atoms with Gasteiger partial charge in [0.2, 0.25) is 0 Å². The average molecular weight is 1110 g/mol. The Labute approximate surface area is 510 Å². The average Bonchev–Trinajstić information content (AvgIpc) is 1.78. The fraction of sp³-hybridized carbons (Fsp3) is 0.0115. The normalized spacial score (nSPS) is 12.0. The first-order chi connectivity index (χ1) is 43.6. The monoisotopic (exact) mass is 1110 g/mol. The van der Waals surface area contributed by atoms with E-state index in [4.69, 9.17) is 0 Å². The Kier molecular flexibility index (Phi) is 11.4. The highest BCUT2D eigenvalue weighted by atomic mass is 15.0. The van der Waals surface area contributed by atoms with Crippen LogP contribution in [0.3, 0.4) is 0 Å². The summed E-state index contributed by atoms with van der Waals surface area (Å²) in [6.07, 6.45) is 0.895. The molecule has 1 heterocycles. The van der Waals surface area contributed by atoms with Crippen molar-refractivity contribution in [2.24, 2.45) is 0 Å². The van der Waals surface area contributed by atoms with Crippen LogP contribution in [0.25, 0.3) is 170 Å². The third-order valence-corrected chi connectivity index (χ3v) is 19.0. The minimum atomic E-state index is 0.895. The van der Waals surface area contributed by atoms with Crippen LogP contribution in [0.1, 0.15) is 11.1 Å². The van der Waals surface area contributed by atoms with E-state index in [1.54, 1.807) is 0 Å². The van der Waals surface area contributed by atoms with Gasteiger partial charge in [0.15, 0.2) is 0 Å². The molecule has 0 saturated heterocycles. The standard InChI is InChI=1S/C87H55N/c1-4-16-72-61(12-1)15-11-23-73(72)68-40-44-76-69(48-68)49-70-50-71(43-45-77(70)76)88-86-46-41-64(59-28-24-55(25-29-59)57-32-36-62(37-33-57)82-53-66-13-2-5-17-74(66)78-19-7-9-21-80(78)82)51-84(86)85-52-65(42-47-87(85)88)60-30-26-56(27-31-60)58-34-38-63(39-35-58)83-54-67-14-3-6-18-75(67)79-20-8-10-22-81(79)83/h1-48,50-54H,49H2. The van der Waals surface area contributed by atoms with Gasteiger partial charge in [-0.05, 0) is 209 Å². The second-order valence-electron chi connectivity index (χ2n) is 23.9. The molecular formula is C87H55N. The van der Waals surface area contributed by atoms with Crippen LogP contribution >= 0.6 is 0 Å². The lowest BCUT2D eigenvalue weighted by atomic mass is 9.92. The van der Waals surface area contributed by atoms with Gasteiger partial charge in [0.25, 0.3) is 0 Å². The second kappa shape index (κ2) is 20.1. The van der Waals surface area contributed by atoms with E-state index in [-0.39, 0.29) is 0 Å². The molecule has 0 fully saturated rings. The Bertz CT molecular complexity index is 5400. The van der Waals surface area contributed by atoms with E-state index >= 15 is 0 Å². The summed E-state index contributed by atoms with van der Waals surface area (Å²) in [5.74, 6) is 0. The van der Waals surface area contributed by atoms with Crippen LogP contribution in [0, 0.1) is 0 Å². The Balaban J connectivity index is 0.690. The molecule has 0 atom stereocenters. The predicted octanol–water partition coefficient (Wildman–Crippen LogP) is 23.8. The molecule has 0 spiro atoms. The highest BCUT2D eigenvalue weighted by Gasteiger charge is 2.23. The summed E-state index contributed by atoms with van der Waals surface area (Å²) in [5, 5.41) is 15.2. The van der Waals surface area contributed by atoms with Crippen LogP contribution in [0.5, 0.6) is 0 Å². The molecule has 16 aromatic carbocycles. The molecular weight excluding hydrogens is 1060 g/mol. The maximum absolute atomic E-state index is 2.49. The van der Waals surface area contributed by atoms with Crippen LogP contribution in [0.2, 0.25) is 0 Å². The molecule has 0 aliphatic heterocycles.